The lowest BCUT2D eigenvalue weighted by Crippen LogP contribution is -2.48. The van der Waals surface area contributed by atoms with Crippen LogP contribution in [0, 0.1) is 0 Å². The number of hydrogen-bond donors (Lipinski definition) is 0. The maximum Gasteiger partial charge on any atom is 0.236 e. The van der Waals surface area contributed by atoms with Crippen LogP contribution in [0.15, 0.2) is 24.4 Å². The third-order valence-electron chi connectivity index (χ3n) is 4.85. The lowest BCUT2D eigenvalue weighted by Gasteiger charge is -2.39. The largest absolute Gasteiger partial charge is 0.372 e. The summed E-state index contributed by atoms with van der Waals surface area (Å²) in [5.41, 5.74) is 0.839. The standard InChI is InChI=1S/C18H27N3O3/c1-20(2)12-17(22)21-9-6-18(7-10-21)11-16(14-24-18)23-13-15-5-3-4-8-19-15/h3-5,8,16H,6-7,9-14H2,1-2H3. The summed E-state index contributed by atoms with van der Waals surface area (Å²) >= 11 is 0. The lowest BCUT2D eigenvalue weighted by molar-refractivity contribution is -0.136. The zero-order valence-electron chi connectivity index (χ0n) is 14.6. The normalized spacial score (nSPS) is 23.1. The SMILES string of the molecule is CN(C)CC(=O)N1CCC2(CC1)CC(OCc1ccccn1)CO2. The molecule has 132 valence electrons. The maximum absolute atomic E-state index is 12.1. The number of amides is 1. The van der Waals surface area contributed by atoms with Crippen LogP contribution < -0.4 is 0 Å². The van der Waals surface area contributed by atoms with Gasteiger partial charge in [-0.15, -0.1) is 0 Å². The summed E-state index contributed by atoms with van der Waals surface area (Å²) in [5, 5.41) is 0. The number of piperidine rings is 1. The third-order valence-corrected chi connectivity index (χ3v) is 4.85. The van der Waals surface area contributed by atoms with E-state index in [0.717, 1.165) is 38.0 Å². The summed E-state index contributed by atoms with van der Waals surface area (Å²) < 4.78 is 12.1. The Hall–Kier alpha value is -1.50. The Labute approximate surface area is 143 Å². The number of pyridine rings is 1. The van der Waals surface area contributed by atoms with Gasteiger partial charge in [-0.25, -0.2) is 0 Å². The number of hydrogen-bond acceptors (Lipinski definition) is 5. The number of likely N-dealkylation sites (N-methyl/N-ethyl adjacent to an activating group) is 1. The lowest BCUT2D eigenvalue weighted by atomic mass is 9.88. The zero-order chi connectivity index (χ0) is 17.0. The van der Waals surface area contributed by atoms with Crippen LogP contribution in [-0.2, 0) is 20.9 Å². The molecule has 0 aliphatic carbocycles. The molecule has 6 heteroatoms. The van der Waals surface area contributed by atoms with Crippen molar-refractivity contribution >= 4 is 5.91 Å². The molecule has 1 spiro atoms. The second-order valence-corrected chi connectivity index (χ2v) is 7.07. The Bertz CT molecular complexity index is 542. The highest BCUT2D eigenvalue weighted by atomic mass is 16.6. The Morgan fingerprint density at radius 3 is 2.88 bits per heavy atom. The van der Waals surface area contributed by atoms with Gasteiger partial charge in [-0.05, 0) is 39.1 Å². The summed E-state index contributed by atoms with van der Waals surface area (Å²) in [5.74, 6) is 0.204. The quantitative estimate of drug-likeness (QED) is 0.813. The van der Waals surface area contributed by atoms with Gasteiger partial charge in [-0.3, -0.25) is 9.78 Å². The van der Waals surface area contributed by atoms with Crippen molar-refractivity contribution in [2.45, 2.75) is 37.6 Å². The van der Waals surface area contributed by atoms with Crippen molar-refractivity contribution in [3.63, 3.8) is 0 Å². The van der Waals surface area contributed by atoms with E-state index >= 15 is 0 Å². The summed E-state index contributed by atoms with van der Waals surface area (Å²) in [4.78, 5) is 20.3. The van der Waals surface area contributed by atoms with E-state index in [1.165, 1.54) is 0 Å². The fraction of sp³-hybridized carbons (Fsp3) is 0.667. The monoisotopic (exact) mass is 333 g/mol. The molecule has 2 fully saturated rings. The van der Waals surface area contributed by atoms with Crippen LogP contribution in [0.25, 0.3) is 0 Å². The van der Waals surface area contributed by atoms with Gasteiger partial charge < -0.3 is 19.3 Å². The Kier molecular flexibility index (Phi) is 5.48. The van der Waals surface area contributed by atoms with E-state index in [4.69, 9.17) is 9.47 Å². The molecular formula is C18H27N3O3. The van der Waals surface area contributed by atoms with Crippen molar-refractivity contribution < 1.29 is 14.3 Å². The van der Waals surface area contributed by atoms with Crippen LogP contribution in [0.3, 0.4) is 0 Å². The maximum atomic E-state index is 12.1. The van der Waals surface area contributed by atoms with Gasteiger partial charge in [0.15, 0.2) is 0 Å². The van der Waals surface area contributed by atoms with Crippen LogP contribution in [0.5, 0.6) is 0 Å². The molecule has 0 aromatic carbocycles. The van der Waals surface area contributed by atoms with Crippen molar-refractivity contribution in [3.05, 3.63) is 30.1 Å². The van der Waals surface area contributed by atoms with Crippen molar-refractivity contribution in [1.82, 2.24) is 14.8 Å². The minimum absolute atomic E-state index is 0.107. The third kappa shape index (κ3) is 4.32. The predicted octanol–water partition coefficient (Wildman–Crippen LogP) is 1.31. The van der Waals surface area contributed by atoms with E-state index in [9.17, 15) is 4.79 Å². The van der Waals surface area contributed by atoms with Gasteiger partial charge in [0.25, 0.3) is 0 Å². The van der Waals surface area contributed by atoms with Crippen molar-refractivity contribution in [2.75, 3.05) is 40.3 Å². The fourth-order valence-electron chi connectivity index (χ4n) is 3.48. The number of rotatable bonds is 5. The molecule has 3 rings (SSSR count). The molecule has 2 aliphatic heterocycles. The average molecular weight is 333 g/mol. The van der Waals surface area contributed by atoms with Crippen LogP contribution in [0.1, 0.15) is 25.0 Å². The zero-order valence-corrected chi connectivity index (χ0v) is 14.6. The van der Waals surface area contributed by atoms with Crippen molar-refractivity contribution in [1.29, 1.82) is 0 Å². The van der Waals surface area contributed by atoms with E-state index in [0.29, 0.717) is 19.8 Å². The van der Waals surface area contributed by atoms with Gasteiger partial charge >= 0.3 is 0 Å². The van der Waals surface area contributed by atoms with Gasteiger partial charge in [0, 0.05) is 25.7 Å². The van der Waals surface area contributed by atoms with Crippen LogP contribution in [-0.4, -0.2) is 72.7 Å². The predicted molar refractivity (Wildman–Crippen MR) is 90.5 cm³/mol. The van der Waals surface area contributed by atoms with Crippen LogP contribution >= 0.6 is 0 Å². The molecule has 6 nitrogen and oxygen atoms in total. The Balaban J connectivity index is 1.45. The Morgan fingerprint density at radius 1 is 1.42 bits per heavy atom. The van der Waals surface area contributed by atoms with Crippen molar-refractivity contribution in [3.8, 4) is 0 Å². The first kappa shape index (κ1) is 17.3. The summed E-state index contributed by atoms with van der Waals surface area (Å²) in [6.07, 6.45) is 4.61. The number of carbonyl (C=O) groups is 1. The molecule has 0 saturated carbocycles. The van der Waals surface area contributed by atoms with Crippen LogP contribution in [0.4, 0.5) is 0 Å². The van der Waals surface area contributed by atoms with Crippen molar-refractivity contribution in [2.24, 2.45) is 0 Å². The molecule has 1 atom stereocenters. The smallest absolute Gasteiger partial charge is 0.236 e. The topological polar surface area (TPSA) is 54.9 Å². The highest BCUT2D eigenvalue weighted by molar-refractivity contribution is 5.78. The van der Waals surface area contributed by atoms with E-state index < -0.39 is 0 Å². The summed E-state index contributed by atoms with van der Waals surface area (Å²) in [6.45, 7) is 3.19. The number of carbonyl (C=O) groups excluding carboxylic acids is 1. The van der Waals surface area contributed by atoms with Gasteiger partial charge in [-0.2, -0.15) is 0 Å². The second-order valence-electron chi connectivity index (χ2n) is 7.07. The Morgan fingerprint density at radius 2 is 2.21 bits per heavy atom. The van der Waals surface area contributed by atoms with Gasteiger partial charge in [0.2, 0.25) is 5.91 Å². The fourth-order valence-corrected chi connectivity index (χ4v) is 3.48. The molecule has 24 heavy (non-hydrogen) atoms. The highest BCUT2D eigenvalue weighted by Crippen LogP contribution is 2.37. The molecule has 1 aromatic rings. The summed E-state index contributed by atoms with van der Waals surface area (Å²) in [7, 11) is 3.85. The first-order chi connectivity index (χ1) is 11.6. The molecule has 2 saturated heterocycles. The number of likely N-dealkylation sites (tertiary alicyclic amines) is 1. The molecule has 0 radical (unpaired) electrons. The molecule has 2 aliphatic rings. The molecular weight excluding hydrogens is 306 g/mol. The minimum atomic E-state index is -0.107. The van der Waals surface area contributed by atoms with Gasteiger partial charge in [-0.1, -0.05) is 6.07 Å². The van der Waals surface area contributed by atoms with E-state index in [-0.39, 0.29) is 17.6 Å². The summed E-state index contributed by atoms with van der Waals surface area (Å²) in [6, 6.07) is 5.85. The molecule has 1 amide bonds. The van der Waals surface area contributed by atoms with E-state index in [2.05, 4.69) is 4.98 Å². The molecule has 1 aromatic heterocycles. The van der Waals surface area contributed by atoms with Gasteiger partial charge in [0.1, 0.15) is 0 Å². The minimum Gasteiger partial charge on any atom is -0.372 e. The highest BCUT2D eigenvalue weighted by Gasteiger charge is 2.43. The molecule has 0 bridgehead atoms. The van der Waals surface area contributed by atoms with Crippen LogP contribution in [0.2, 0.25) is 0 Å². The molecule has 0 N–H and O–H groups in total. The van der Waals surface area contributed by atoms with E-state index in [1.807, 2.05) is 42.1 Å². The second kappa shape index (κ2) is 7.59. The average Bonchev–Trinajstić information content (AvgIpc) is 2.97. The first-order valence-corrected chi connectivity index (χ1v) is 8.64. The van der Waals surface area contributed by atoms with Gasteiger partial charge in [0.05, 0.1) is 37.2 Å². The molecule has 1 unspecified atom stereocenters. The number of nitrogens with zero attached hydrogens (tertiary/aromatic N) is 3. The number of ether oxygens (including phenoxy) is 2. The number of aromatic nitrogens is 1. The molecule has 3 heterocycles. The first-order valence-electron chi connectivity index (χ1n) is 8.64. The van der Waals surface area contributed by atoms with E-state index in [1.54, 1.807) is 6.20 Å².